The molecule has 0 saturated heterocycles. The van der Waals surface area contributed by atoms with Crippen molar-refractivity contribution >= 4 is 57.0 Å². The smallest absolute Gasteiger partial charge is 0.411 e. The fraction of sp³-hybridized carbons (Fsp3) is 0.188. The summed E-state index contributed by atoms with van der Waals surface area (Å²) in [6, 6.07) is 19.1. The molecule has 1 aromatic heterocycles. The summed E-state index contributed by atoms with van der Waals surface area (Å²) in [7, 11) is 0. The Bertz CT molecular complexity index is 1830. The van der Waals surface area contributed by atoms with E-state index in [0.717, 1.165) is 11.1 Å². The maximum Gasteiger partial charge on any atom is 0.411 e. The van der Waals surface area contributed by atoms with Gasteiger partial charge in [-0.25, -0.2) is 23.4 Å². The molecule has 0 radical (unpaired) electrons. The van der Waals surface area contributed by atoms with Crippen molar-refractivity contribution in [1.29, 1.82) is 0 Å². The number of carbonyl (C=O) groups excluding carboxylic acids is 2. The topological polar surface area (TPSA) is 131 Å². The van der Waals surface area contributed by atoms with Crippen LogP contribution < -0.4 is 26.3 Å². The summed E-state index contributed by atoms with van der Waals surface area (Å²) in [6.07, 6.45) is -1.33. The minimum atomic E-state index is -0.668. The van der Waals surface area contributed by atoms with Crippen molar-refractivity contribution in [2.45, 2.75) is 26.9 Å². The lowest BCUT2D eigenvalue weighted by atomic mass is 10.1. The summed E-state index contributed by atoms with van der Waals surface area (Å²) >= 11 is 0. The van der Waals surface area contributed by atoms with E-state index in [0.29, 0.717) is 52.2 Å². The number of nitrogens with two attached hydrogens (primary N) is 1. The van der Waals surface area contributed by atoms with Gasteiger partial charge >= 0.3 is 12.2 Å². The van der Waals surface area contributed by atoms with E-state index in [1.165, 1.54) is 24.3 Å². The molecule has 4 aromatic carbocycles. The van der Waals surface area contributed by atoms with Crippen molar-refractivity contribution in [2.75, 3.05) is 34.9 Å². The number of nitrogens with zero attached hydrogens (tertiary/aromatic N) is 2. The second-order valence-electron chi connectivity index (χ2n) is 9.82. The molecule has 0 fully saturated rings. The van der Waals surface area contributed by atoms with Crippen molar-refractivity contribution in [3.05, 3.63) is 95.6 Å². The lowest BCUT2D eigenvalue weighted by Gasteiger charge is -2.15. The SMILES string of the molecule is CCOC(=O)Nc1cc2nc3c(NC(=O)OCC)cc(NCc4ccc(F)cc4)cc3[n+](Cc3ccc(F)cc3)c2cc1N. The third kappa shape index (κ3) is 6.92. The first-order valence-electron chi connectivity index (χ1n) is 13.9. The van der Waals surface area contributed by atoms with Crippen LogP contribution in [0.2, 0.25) is 0 Å². The number of benzene rings is 4. The Balaban J connectivity index is 1.70. The van der Waals surface area contributed by atoms with Crippen LogP contribution in [0.25, 0.3) is 22.1 Å². The van der Waals surface area contributed by atoms with Crippen LogP contribution in [0.4, 0.5) is 41.1 Å². The van der Waals surface area contributed by atoms with Gasteiger partial charge in [0.05, 0.1) is 30.3 Å². The molecule has 226 valence electrons. The van der Waals surface area contributed by atoms with Gasteiger partial charge in [0.25, 0.3) is 0 Å². The minimum Gasteiger partial charge on any atom is -0.450 e. The molecule has 0 bridgehead atoms. The molecule has 44 heavy (non-hydrogen) atoms. The van der Waals surface area contributed by atoms with Crippen LogP contribution in [-0.2, 0) is 22.6 Å². The lowest BCUT2D eigenvalue weighted by molar-refractivity contribution is -0.636. The number of fused-ring (bicyclic) bond motifs is 2. The summed E-state index contributed by atoms with van der Waals surface area (Å²) < 4.78 is 39.3. The van der Waals surface area contributed by atoms with Gasteiger partial charge in [0.15, 0.2) is 12.1 Å². The highest BCUT2D eigenvalue weighted by Crippen LogP contribution is 2.31. The average molecular weight is 602 g/mol. The van der Waals surface area contributed by atoms with Crippen molar-refractivity contribution in [2.24, 2.45) is 0 Å². The maximum atomic E-state index is 13.8. The van der Waals surface area contributed by atoms with Crippen LogP contribution in [0, 0.1) is 11.6 Å². The molecule has 0 atom stereocenters. The molecule has 0 saturated carbocycles. The van der Waals surface area contributed by atoms with E-state index in [-0.39, 0.29) is 30.5 Å². The van der Waals surface area contributed by atoms with Gasteiger partial charge in [0, 0.05) is 29.9 Å². The van der Waals surface area contributed by atoms with Gasteiger partial charge in [0.1, 0.15) is 17.2 Å². The maximum absolute atomic E-state index is 13.8. The number of nitrogen functional groups attached to an aromatic ring is 1. The number of anilines is 4. The Labute approximate surface area is 251 Å². The molecule has 2 amide bonds. The molecule has 0 unspecified atom stereocenters. The minimum absolute atomic E-state index is 0.162. The molecule has 0 aliphatic rings. The number of hydrogen-bond donors (Lipinski definition) is 4. The molecule has 1 heterocycles. The van der Waals surface area contributed by atoms with E-state index < -0.39 is 12.2 Å². The van der Waals surface area contributed by atoms with Crippen molar-refractivity contribution in [3.8, 4) is 0 Å². The molecule has 0 aliphatic carbocycles. The Kier molecular flexibility index (Phi) is 8.98. The highest BCUT2D eigenvalue weighted by Gasteiger charge is 2.24. The number of hydrogen-bond acceptors (Lipinski definition) is 7. The largest absolute Gasteiger partial charge is 0.450 e. The van der Waals surface area contributed by atoms with Gasteiger partial charge < -0.3 is 20.5 Å². The average Bonchev–Trinajstić information content (AvgIpc) is 2.99. The van der Waals surface area contributed by atoms with Crippen LogP contribution in [0.3, 0.4) is 0 Å². The fourth-order valence-electron chi connectivity index (χ4n) is 4.70. The van der Waals surface area contributed by atoms with Crippen molar-refractivity contribution < 1.29 is 32.4 Å². The van der Waals surface area contributed by atoms with Gasteiger partial charge in [-0.05, 0) is 67.9 Å². The first-order chi connectivity index (χ1) is 21.2. The third-order valence-electron chi connectivity index (χ3n) is 6.74. The molecule has 12 heteroatoms. The first-order valence-corrected chi connectivity index (χ1v) is 13.9. The normalized spacial score (nSPS) is 10.9. The van der Waals surface area contributed by atoms with Crippen LogP contribution in [0.15, 0.2) is 72.8 Å². The zero-order chi connectivity index (χ0) is 31.2. The summed E-state index contributed by atoms with van der Waals surface area (Å²) in [5.41, 5.74) is 11.7. The Morgan fingerprint density at radius 2 is 1.39 bits per heavy atom. The van der Waals surface area contributed by atoms with E-state index in [4.69, 9.17) is 20.2 Å². The number of nitrogens with one attached hydrogen (secondary N) is 3. The highest BCUT2D eigenvalue weighted by molar-refractivity contribution is 6.01. The predicted molar refractivity (Wildman–Crippen MR) is 164 cm³/mol. The molecule has 0 spiro atoms. The Morgan fingerprint density at radius 1 is 0.795 bits per heavy atom. The summed E-state index contributed by atoms with van der Waals surface area (Å²) in [4.78, 5) is 29.6. The molecule has 0 aliphatic heterocycles. The van der Waals surface area contributed by atoms with Gasteiger partial charge in [-0.1, -0.05) is 12.1 Å². The van der Waals surface area contributed by atoms with E-state index in [1.807, 2.05) is 10.6 Å². The number of aromatic nitrogens is 2. The lowest BCUT2D eigenvalue weighted by Crippen LogP contribution is -2.37. The first kappa shape index (κ1) is 30.0. The quantitative estimate of drug-likeness (QED) is 0.0882. The zero-order valence-corrected chi connectivity index (χ0v) is 24.1. The number of halogens is 2. The number of amides is 2. The van der Waals surface area contributed by atoms with Crippen LogP contribution in [0.1, 0.15) is 25.0 Å². The highest BCUT2D eigenvalue weighted by atomic mass is 19.1. The van der Waals surface area contributed by atoms with E-state index in [1.54, 1.807) is 56.3 Å². The molecule has 5 aromatic rings. The molecule has 5 rings (SSSR count). The van der Waals surface area contributed by atoms with E-state index in [2.05, 4.69) is 16.0 Å². The Hall–Kier alpha value is -5.52. The monoisotopic (exact) mass is 601 g/mol. The molecular weight excluding hydrogens is 570 g/mol. The summed E-state index contributed by atoms with van der Waals surface area (Å²) in [5.74, 6) is -0.699. The van der Waals surface area contributed by atoms with Gasteiger partial charge in [-0.3, -0.25) is 10.6 Å². The number of rotatable bonds is 9. The van der Waals surface area contributed by atoms with Gasteiger partial charge in [-0.2, -0.15) is 4.57 Å². The van der Waals surface area contributed by atoms with Crippen molar-refractivity contribution in [3.63, 3.8) is 0 Å². The number of carbonyl (C=O) groups is 2. The second kappa shape index (κ2) is 13.2. The molecule has 5 N–H and O–H groups in total. The number of ether oxygens (including phenoxy) is 2. The third-order valence-corrected chi connectivity index (χ3v) is 6.74. The second-order valence-corrected chi connectivity index (χ2v) is 9.82. The van der Waals surface area contributed by atoms with Crippen LogP contribution in [-0.4, -0.2) is 30.4 Å². The van der Waals surface area contributed by atoms with E-state index >= 15 is 0 Å². The van der Waals surface area contributed by atoms with Crippen LogP contribution >= 0.6 is 0 Å². The van der Waals surface area contributed by atoms with Crippen molar-refractivity contribution in [1.82, 2.24) is 4.98 Å². The van der Waals surface area contributed by atoms with E-state index in [9.17, 15) is 18.4 Å². The van der Waals surface area contributed by atoms with Gasteiger partial charge in [0.2, 0.25) is 11.0 Å². The summed E-state index contributed by atoms with van der Waals surface area (Å²) in [5, 5.41) is 8.74. The fourth-order valence-corrected chi connectivity index (χ4v) is 4.70. The zero-order valence-electron chi connectivity index (χ0n) is 24.1. The van der Waals surface area contributed by atoms with Gasteiger partial charge in [-0.15, -0.1) is 0 Å². The summed E-state index contributed by atoms with van der Waals surface area (Å²) in [6.45, 7) is 4.40. The Morgan fingerprint density at radius 3 is 2.00 bits per heavy atom. The van der Waals surface area contributed by atoms with Crippen LogP contribution in [0.5, 0.6) is 0 Å². The standard InChI is InChI=1S/C32H30F2N6O4/c1-3-43-31(41)38-25-16-26-28(15-24(25)35)40(18-20-7-11-22(34)12-8-20)29-14-23(36-17-19-5-9-21(33)10-6-19)13-27(30(29)37-26)39-32(42)44-4-2/h5-16H,3-4,17-18H2,1-2H3,(H4,35,36,37,38,39,41,42)/p+1. The predicted octanol–water partition coefficient (Wildman–Crippen LogP) is 6.33. The molecular formula is C32H31F2N6O4+. The molecule has 10 nitrogen and oxygen atoms in total.